The van der Waals surface area contributed by atoms with Gasteiger partial charge in [-0.25, -0.2) is 0 Å². The van der Waals surface area contributed by atoms with Crippen molar-refractivity contribution < 1.29 is 27.8 Å². The second-order valence-corrected chi connectivity index (χ2v) is 6.64. The van der Waals surface area contributed by atoms with Crippen LogP contribution in [0, 0.1) is 0 Å². The van der Waals surface area contributed by atoms with Crippen molar-refractivity contribution in [3.8, 4) is 11.5 Å². The Hall–Kier alpha value is -2.81. The first-order valence-electron chi connectivity index (χ1n) is 8.30. The molecule has 0 heterocycles. The Labute approximate surface area is 165 Å². The zero-order chi connectivity index (χ0) is 20.5. The molecule has 3 N–H and O–H groups in total. The molecule has 0 aliphatic carbocycles. The van der Waals surface area contributed by atoms with Crippen molar-refractivity contribution in [1.29, 1.82) is 0 Å². The van der Waals surface area contributed by atoms with Crippen LogP contribution in [-0.2, 0) is 11.2 Å². The Balaban J connectivity index is 1.98. The van der Waals surface area contributed by atoms with Crippen LogP contribution < -0.4 is 20.5 Å². The lowest BCUT2D eigenvalue weighted by Crippen LogP contribution is -2.26. The summed E-state index contributed by atoms with van der Waals surface area (Å²) in [4.78, 5) is 24.0. The SMILES string of the molecule is COc1ccc(CCNC(=O)c2ccccc2SCC(N)=O)cc1OC(F)F. The topological polar surface area (TPSA) is 90.6 Å². The average molecular weight is 410 g/mol. The number of halogens is 2. The van der Waals surface area contributed by atoms with Gasteiger partial charge in [-0.2, -0.15) is 8.78 Å². The molecule has 0 fully saturated rings. The van der Waals surface area contributed by atoms with Crippen LogP contribution >= 0.6 is 11.8 Å². The van der Waals surface area contributed by atoms with Crippen molar-refractivity contribution in [2.45, 2.75) is 17.9 Å². The number of hydrogen-bond donors (Lipinski definition) is 2. The van der Waals surface area contributed by atoms with Gasteiger partial charge < -0.3 is 20.5 Å². The minimum absolute atomic E-state index is 0.0606. The van der Waals surface area contributed by atoms with Crippen LogP contribution in [0.3, 0.4) is 0 Å². The van der Waals surface area contributed by atoms with Crippen molar-refractivity contribution in [2.24, 2.45) is 5.73 Å². The van der Waals surface area contributed by atoms with Crippen molar-refractivity contribution in [1.82, 2.24) is 5.32 Å². The standard InChI is InChI=1S/C19H20F2N2O4S/c1-26-14-7-6-12(10-15(14)27-19(20)21)8-9-23-18(25)13-4-2-3-5-16(13)28-11-17(22)24/h2-7,10,19H,8-9,11H2,1H3,(H2,22,24)(H,23,25). The van der Waals surface area contributed by atoms with Crippen LogP contribution in [0.15, 0.2) is 47.4 Å². The highest BCUT2D eigenvalue weighted by atomic mass is 32.2. The minimum Gasteiger partial charge on any atom is -0.493 e. The van der Waals surface area contributed by atoms with Crippen LogP contribution in [0.4, 0.5) is 8.78 Å². The maximum Gasteiger partial charge on any atom is 0.387 e. The molecule has 6 nitrogen and oxygen atoms in total. The van der Waals surface area contributed by atoms with Gasteiger partial charge in [0.15, 0.2) is 11.5 Å². The Kier molecular flexibility index (Phi) is 8.06. The number of carbonyl (C=O) groups is 2. The molecule has 0 atom stereocenters. The number of ether oxygens (including phenoxy) is 2. The predicted molar refractivity (Wildman–Crippen MR) is 102 cm³/mol. The van der Waals surface area contributed by atoms with Crippen molar-refractivity contribution in [2.75, 3.05) is 19.4 Å². The van der Waals surface area contributed by atoms with E-state index >= 15 is 0 Å². The van der Waals surface area contributed by atoms with E-state index in [9.17, 15) is 18.4 Å². The zero-order valence-electron chi connectivity index (χ0n) is 15.1. The number of primary amides is 1. The molecule has 0 aromatic heterocycles. The fraction of sp³-hybridized carbons (Fsp3) is 0.263. The second kappa shape index (κ2) is 10.5. The molecule has 2 aromatic carbocycles. The van der Waals surface area contributed by atoms with E-state index in [0.29, 0.717) is 22.4 Å². The molecular formula is C19H20F2N2O4S. The predicted octanol–water partition coefficient (Wildman–Crippen LogP) is 2.85. The molecule has 28 heavy (non-hydrogen) atoms. The molecule has 0 unspecified atom stereocenters. The number of alkyl halides is 2. The molecule has 0 radical (unpaired) electrons. The third-order valence-corrected chi connectivity index (χ3v) is 4.74. The molecule has 0 aliphatic heterocycles. The average Bonchev–Trinajstić information content (AvgIpc) is 2.66. The number of hydrogen-bond acceptors (Lipinski definition) is 5. The van der Waals surface area contributed by atoms with Gasteiger partial charge in [0, 0.05) is 11.4 Å². The van der Waals surface area contributed by atoms with Gasteiger partial charge in [-0.3, -0.25) is 9.59 Å². The maximum absolute atomic E-state index is 12.5. The summed E-state index contributed by atoms with van der Waals surface area (Å²) in [7, 11) is 1.36. The smallest absolute Gasteiger partial charge is 0.387 e. The summed E-state index contributed by atoms with van der Waals surface area (Å²) in [6.45, 7) is -2.67. The largest absolute Gasteiger partial charge is 0.493 e. The normalized spacial score (nSPS) is 10.6. The van der Waals surface area contributed by atoms with Crippen LogP contribution in [-0.4, -0.2) is 37.8 Å². The summed E-state index contributed by atoms with van der Waals surface area (Å²) in [5.41, 5.74) is 6.28. The van der Waals surface area contributed by atoms with Gasteiger partial charge in [-0.15, -0.1) is 11.8 Å². The molecule has 0 saturated carbocycles. The molecule has 2 rings (SSSR count). The molecule has 0 saturated heterocycles. The van der Waals surface area contributed by atoms with Crippen LogP contribution in [0.1, 0.15) is 15.9 Å². The van der Waals surface area contributed by atoms with Crippen molar-refractivity contribution >= 4 is 23.6 Å². The van der Waals surface area contributed by atoms with Gasteiger partial charge in [0.1, 0.15) is 0 Å². The fourth-order valence-corrected chi connectivity index (χ4v) is 3.20. The van der Waals surface area contributed by atoms with E-state index in [1.54, 1.807) is 30.3 Å². The van der Waals surface area contributed by atoms with Crippen LogP contribution in [0.25, 0.3) is 0 Å². The van der Waals surface area contributed by atoms with Crippen molar-refractivity contribution in [3.05, 3.63) is 53.6 Å². The monoisotopic (exact) mass is 410 g/mol. The highest BCUT2D eigenvalue weighted by Gasteiger charge is 2.13. The number of nitrogens with two attached hydrogens (primary N) is 1. The van der Waals surface area contributed by atoms with Gasteiger partial charge >= 0.3 is 6.61 Å². The fourth-order valence-electron chi connectivity index (χ4n) is 2.41. The number of methoxy groups -OCH3 is 1. The minimum atomic E-state index is -2.96. The van der Waals surface area contributed by atoms with Gasteiger partial charge in [-0.05, 0) is 36.2 Å². The lowest BCUT2D eigenvalue weighted by atomic mass is 10.1. The Bertz CT molecular complexity index is 833. The van der Waals surface area contributed by atoms with Crippen LogP contribution in [0.2, 0.25) is 0 Å². The maximum atomic E-state index is 12.5. The van der Waals surface area contributed by atoms with Gasteiger partial charge in [0.25, 0.3) is 5.91 Å². The molecule has 2 amide bonds. The molecule has 0 bridgehead atoms. The van der Waals surface area contributed by atoms with E-state index in [-0.39, 0.29) is 29.7 Å². The quantitative estimate of drug-likeness (QED) is 0.588. The highest BCUT2D eigenvalue weighted by molar-refractivity contribution is 8.00. The van der Waals surface area contributed by atoms with Gasteiger partial charge in [0.05, 0.1) is 18.4 Å². The lowest BCUT2D eigenvalue weighted by Gasteiger charge is -2.12. The zero-order valence-corrected chi connectivity index (χ0v) is 15.9. The summed E-state index contributed by atoms with van der Waals surface area (Å²) in [5, 5.41) is 2.78. The first-order chi connectivity index (χ1) is 13.4. The van der Waals surface area contributed by atoms with E-state index in [1.807, 2.05) is 0 Å². The number of rotatable bonds is 10. The van der Waals surface area contributed by atoms with E-state index in [1.165, 1.54) is 31.0 Å². The van der Waals surface area contributed by atoms with E-state index in [4.69, 9.17) is 10.5 Å². The molecule has 9 heteroatoms. The number of benzene rings is 2. The second-order valence-electron chi connectivity index (χ2n) is 5.62. The molecule has 2 aromatic rings. The first kappa shape index (κ1) is 21.5. The summed E-state index contributed by atoms with van der Waals surface area (Å²) in [5.74, 6) is -0.557. The summed E-state index contributed by atoms with van der Waals surface area (Å²) < 4.78 is 34.4. The number of amides is 2. The Morgan fingerprint density at radius 3 is 2.61 bits per heavy atom. The number of nitrogens with one attached hydrogen (secondary N) is 1. The highest BCUT2D eigenvalue weighted by Crippen LogP contribution is 2.29. The number of carbonyl (C=O) groups excluding carboxylic acids is 2. The summed E-state index contributed by atoms with van der Waals surface area (Å²) in [6.07, 6.45) is 0.409. The first-order valence-corrected chi connectivity index (χ1v) is 9.29. The Morgan fingerprint density at radius 2 is 1.93 bits per heavy atom. The molecular weight excluding hydrogens is 390 g/mol. The van der Waals surface area contributed by atoms with Crippen LogP contribution in [0.5, 0.6) is 11.5 Å². The van der Waals surface area contributed by atoms with Gasteiger partial charge in [-0.1, -0.05) is 18.2 Å². The molecule has 150 valence electrons. The Morgan fingerprint density at radius 1 is 1.18 bits per heavy atom. The van der Waals surface area contributed by atoms with Gasteiger partial charge in [0.2, 0.25) is 5.91 Å². The van der Waals surface area contributed by atoms with Crippen molar-refractivity contribution in [3.63, 3.8) is 0 Å². The molecule has 0 spiro atoms. The van der Waals surface area contributed by atoms with E-state index in [0.717, 1.165) is 0 Å². The molecule has 0 aliphatic rings. The summed E-state index contributed by atoms with van der Waals surface area (Å²) >= 11 is 1.19. The lowest BCUT2D eigenvalue weighted by molar-refractivity contribution is -0.115. The van der Waals surface area contributed by atoms with E-state index < -0.39 is 12.5 Å². The number of thioether (sulfide) groups is 1. The van der Waals surface area contributed by atoms with E-state index in [2.05, 4.69) is 10.1 Å². The summed E-state index contributed by atoms with van der Waals surface area (Å²) in [6, 6.07) is 11.6. The third kappa shape index (κ3) is 6.41. The third-order valence-electron chi connectivity index (χ3n) is 3.64.